The second-order valence-corrected chi connectivity index (χ2v) is 3.41. The maximum absolute atomic E-state index is 12.7. The fraction of sp³-hybridized carbons (Fsp3) is 0.273. The van der Waals surface area contributed by atoms with Crippen LogP contribution >= 0.6 is 0 Å². The van der Waals surface area contributed by atoms with Crippen LogP contribution in [0.15, 0.2) is 18.2 Å². The molecule has 0 spiro atoms. The van der Waals surface area contributed by atoms with E-state index < -0.39 is 11.7 Å². The van der Waals surface area contributed by atoms with Gasteiger partial charge in [0.2, 0.25) is 5.91 Å². The van der Waals surface area contributed by atoms with Crippen molar-refractivity contribution in [2.24, 2.45) is 0 Å². The van der Waals surface area contributed by atoms with Crippen LogP contribution in [0.4, 0.5) is 10.1 Å². The van der Waals surface area contributed by atoms with E-state index in [1.807, 2.05) is 0 Å². The summed E-state index contributed by atoms with van der Waals surface area (Å²) >= 11 is 0. The summed E-state index contributed by atoms with van der Waals surface area (Å²) in [6, 6.07) is 3.54. The van der Waals surface area contributed by atoms with Crippen molar-refractivity contribution >= 4 is 17.5 Å². The maximum Gasteiger partial charge on any atom is 0.253 e. The van der Waals surface area contributed by atoms with Gasteiger partial charge in [-0.25, -0.2) is 4.39 Å². The first-order valence-electron chi connectivity index (χ1n) is 5.08. The largest absolute Gasteiger partial charge is 0.398 e. The number of benzene rings is 1. The molecular weight excluding hydrogens is 225 g/mol. The number of carbonyl (C=O) groups is 2. The summed E-state index contributed by atoms with van der Waals surface area (Å²) < 4.78 is 12.7. The third kappa shape index (κ3) is 3.75. The van der Waals surface area contributed by atoms with Gasteiger partial charge < -0.3 is 16.4 Å². The predicted molar refractivity (Wildman–Crippen MR) is 61.8 cm³/mol. The Morgan fingerprint density at radius 1 is 1.41 bits per heavy atom. The van der Waals surface area contributed by atoms with Gasteiger partial charge >= 0.3 is 0 Å². The van der Waals surface area contributed by atoms with Crippen LogP contribution in [0.25, 0.3) is 0 Å². The van der Waals surface area contributed by atoms with Crippen LogP contribution in [0, 0.1) is 5.82 Å². The third-order valence-corrected chi connectivity index (χ3v) is 2.17. The van der Waals surface area contributed by atoms with Crippen LogP contribution in [0.3, 0.4) is 0 Å². The molecule has 0 aliphatic carbocycles. The Balaban J connectivity index is 2.55. The maximum atomic E-state index is 12.7. The van der Waals surface area contributed by atoms with E-state index in [0.29, 0.717) is 0 Å². The molecule has 0 aliphatic rings. The molecule has 0 radical (unpaired) electrons. The second kappa shape index (κ2) is 5.83. The van der Waals surface area contributed by atoms with E-state index in [-0.39, 0.29) is 30.1 Å². The van der Waals surface area contributed by atoms with Crippen LogP contribution in [-0.4, -0.2) is 25.4 Å². The molecule has 1 aromatic carbocycles. The Hall–Kier alpha value is -2.11. The van der Waals surface area contributed by atoms with Crippen molar-refractivity contribution in [3.63, 3.8) is 0 Å². The van der Waals surface area contributed by atoms with Crippen molar-refractivity contribution in [2.75, 3.05) is 19.3 Å². The number of hydrogen-bond acceptors (Lipinski definition) is 3. The Morgan fingerprint density at radius 2 is 2.12 bits per heavy atom. The first-order valence-corrected chi connectivity index (χ1v) is 5.08. The highest BCUT2D eigenvalue weighted by atomic mass is 19.1. The van der Waals surface area contributed by atoms with Gasteiger partial charge in [-0.3, -0.25) is 9.59 Å². The predicted octanol–water partition coefficient (Wildman–Crippen LogP) is 0.274. The van der Waals surface area contributed by atoms with Crippen molar-refractivity contribution in [3.8, 4) is 0 Å². The van der Waals surface area contributed by atoms with Crippen molar-refractivity contribution in [2.45, 2.75) is 6.42 Å². The van der Waals surface area contributed by atoms with Crippen LogP contribution in [0.1, 0.15) is 16.8 Å². The van der Waals surface area contributed by atoms with E-state index in [2.05, 4.69) is 10.6 Å². The normalized spacial score (nSPS) is 9.76. The molecule has 2 amide bonds. The van der Waals surface area contributed by atoms with E-state index in [0.717, 1.165) is 12.1 Å². The molecule has 6 heteroatoms. The molecule has 0 saturated carbocycles. The van der Waals surface area contributed by atoms with Gasteiger partial charge in [0.25, 0.3) is 5.91 Å². The molecule has 0 bridgehead atoms. The molecule has 4 N–H and O–H groups in total. The Kier molecular flexibility index (Phi) is 4.45. The lowest BCUT2D eigenvalue weighted by Crippen LogP contribution is -2.29. The molecule has 0 atom stereocenters. The van der Waals surface area contributed by atoms with E-state index in [9.17, 15) is 14.0 Å². The van der Waals surface area contributed by atoms with Gasteiger partial charge in [0.15, 0.2) is 0 Å². The Morgan fingerprint density at radius 3 is 2.71 bits per heavy atom. The average Bonchev–Trinajstić information content (AvgIpc) is 2.28. The van der Waals surface area contributed by atoms with Gasteiger partial charge in [-0.2, -0.15) is 0 Å². The molecule has 0 fully saturated rings. The highest BCUT2D eigenvalue weighted by Crippen LogP contribution is 2.12. The highest BCUT2D eigenvalue weighted by Gasteiger charge is 2.10. The van der Waals surface area contributed by atoms with Gasteiger partial charge in [0.1, 0.15) is 5.82 Å². The molecule has 1 aromatic rings. The topological polar surface area (TPSA) is 84.2 Å². The summed E-state index contributed by atoms with van der Waals surface area (Å²) in [4.78, 5) is 22.5. The molecule has 0 heterocycles. The van der Waals surface area contributed by atoms with Gasteiger partial charge in [-0.1, -0.05) is 0 Å². The molecule has 92 valence electrons. The van der Waals surface area contributed by atoms with Gasteiger partial charge in [0.05, 0.1) is 5.56 Å². The summed E-state index contributed by atoms with van der Waals surface area (Å²) in [6.07, 6.45) is 0.184. The number of nitrogen functional groups attached to an aromatic ring is 1. The van der Waals surface area contributed by atoms with E-state index in [1.165, 1.54) is 13.1 Å². The lowest BCUT2D eigenvalue weighted by atomic mass is 10.1. The first kappa shape index (κ1) is 13.0. The minimum Gasteiger partial charge on any atom is -0.398 e. The number of carbonyl (C=O) groups excluding carboxylic acids is 2. The minimum atomic E-state index is -0.496. The van der Waals surface area contributed by atoms with E-state index >= 15 is 0 Å². The van der Waals surface area contributed by atoms with Gasteiger partial charge in [-0.05, 0) is 18.2 Å². The Labute approximate surface area is 98.2 Å². The van der Waals surface area contributed by atoms with Crippen LogP contribution in [-0.2, 0) is 4.79 Å². The molecule has 17 heavy (non-hydrogen) atoms. The fourth-order valence-electron chi connectivity index (χ4n) is 1.25. The van der Waals surface area contributed by atoms with Crippen molar-refractivity contribution in [3.05, 3.63) is 29.6 Å². The van der Waals surface area contributed by atoms with E-state index in [4.69, 9.17) is 5.73 Å². The molecular formula is C11H14FN3O2. The quantitative estimate of drug-likeness (QED) is 0.659. The number of nitrogens with one attached hydrogen (secondary N) is 2. The number of amides is 2. The number of halogens is 1. The number of hydrogen-bond donors (Lipinski definition) is 3. The van der Waals surface area contributed by atoms with E-state index in [1.54, 1.807) is 0 Å². The standard InChI is InChI=1S/C11H14FN3O2/c1-14-10(16)4-5-15-11(17)8-3-2-7(12)6-9(8)13/h2-3,6H,4-5,13H2,1H3,(H,14,16)(H,15,17). The number of anilines is 1. The van der Waals surface area contributed by atoms with Gasteiger partial charge in [0, 0.05) is 25.7 Å². The fourth-order valence-corrected chi connectivity index (χ4v) is 1.25. The lowest BCUT2D eigenvalue weighted by Gasteiger charge is -2.07. The van der Waals surface area contributed by atoms with Crippen LogP contribution in [0.5, 0.6) is 0 Å². The molecule has 5 nitrogen and oxygen atoms in total. The molecule has 1 rings (SSSR count). The minimum absolute atomic E-state index is 0.0717. The smallest absolute Gasteiger partial charge is 0.253 e. The third-order valence-electron chi connectivity index (χ3n) is 2.17. The van der Waals surface area contributed by atoms with Crippen molar-refractivity contribution in [1.29, 1.82) is 0 Å². The summed E-state index contributed by atoms with van der Waals surface area (Å²) in [5.41, 5.74) is 5.77. The Bertz CT molecular complexity index is 435. The molecule has 0 aromatic heterocycles. The highest BCUT2D eigenvalue weighted by molar-refractivity contribution is 5.99. The lowest BCUT2D eigenvalue weighted by molar-refractivity contribution is -0.120. The number of rotatable bonds is 4. The zero-order chi connectivity index (χ0) is 12.8. The summed E-state index contributed by atoms with van der Waals surface area (Å²) in [5, 5.41) is 4.96. The number of nitrogens with two attached hydrogens (primary N) is 1. The second-order valence-electron chi connectivity index (χ2n) is 3.41. The molecule has 0 unspecified atom stereocenters. The molecule has 0 aliphatic heterocycles. The zero-order valence-electron chi connectivity index (χ0n) is 9.42. The summed E-state index contributed by atoms with van der Waals surface area (Å²) in [7, 11) is 1.52. The molecule has 0 saturated heterocycles. The average molecular weight is 239 g/mol. The van der Waals surface area contributed by atoms with Gasteiger partial charge in [-0.15, -0.1) is 0 Å². The SMILES string of the molecule is CNC(=O)CCNC(=O)c1ccc(F)cc1N. The summed E-state index contributed by atoms with van der Waals surface area (Å²) in [5.74, 6) is -1.09. The zero-order valence-corrected chi connectivity index (χ0v) is 9.42. The van der Waals surface area contributed by atoms with Crippen molar-refractivity contribution in [1.82, 2.24) is 10.6 Å². The van der Waals surface area contributed by atoms with Crippen LogP contribution < -0.4 is 16.4 Å². The first-order chi connectivity index (χ1) is 8.04. The van der Waals surface area contributed by atoms with Crippen molar-refractivity contribution < 1.29 is 14.0 Å². The monoisotopic (exact) mass is 239 g/mol. The van der Waals surface area contributed by atoms with Crippen LogP contribution in [0.2, 0.25) is 0 Å². The summed E-state index contributed by atoms with van der Waals surface area (Å²) in [6.45, 7) is 0.204.